The molecule has 0 bridgehead atoms. The van der Waals surface area contributed by atoms with Gasteiger partial charge < -0.3 is 29.5 Å². The lowest BCUT2D eigenvalue weighted by molar-refractivity contribution is -0.136. The Morgan fingerprint density at radius 3 is 2.58 bits per heavy atom. The van der Waals surface area contributed by atoms with Crippen LogP contribution in [0.15, 0.2) is 35.5 Å². The molecule has 8 nitrogen and oxygen atoms in total. The molecule has 1 aliphatic heterocycles. The lowest BCUT2D eigenvalue weighted by Crippen LogP contribution is -2.31. The Hall–Kier alpha value is -2.58. The van der Waals surface area contributed by atoms with Crippen LogP contribution in [0.2, 0.25) is 0 Å². The first-order valence-corrected chi connectivity index (χ1v) is 8.31. The van der Waals surface area contributed by atoms with E-state index in [-0.39, 0.29) is 36.9 Å². The molecule has 0 aromatic heterocycles. The summed E-state index contributed by atoms with van der Waals surface area (Å²) in [6, 6.07) is 7.07. The number of benzene rings is 1. The molecule has 142 valence electrons. The standard InChI is InChI=1S/C18H24N2O6/c1-24-10-3-11-26-14-6-4-13(5-7-14)19-16-15(18(23)25-2)12-20(8-9-21)17(16)22/h4-7,19,21H,3,8-12H2,1-2H3. The highest BCUT2D eigenvalue weighted by atomic mass is 16.5. The van der Waals surface area contributed by atoms with E-state index < -0.39 is 5.97 Å². The third-order valence-corrected chi connectivity index (χ3v) is 3.84. The van der Waals surface area contributed by atoms with E-state index >= 15 is 0 Å². The van der Waals surface area contributed by atoms with Crippen molar-refractivity contribution in [3.8, 4) is 5.75 Å². The smallest absolute Gasteiger partial charge is 0.337 e. The fourth-order valence-electron chi connectivity index (χ4n) is 2.52. The van der Waals surface area contributed by atoms with Gasteiger partial charge in [-0.1, -0.05) is 0 Å². The van der Waals surface area contributed by atoms with Crippen molar-refractivity contribution in [2.24, 2.45) is 0 Å². The molecule has 1 aromatic rings. The predicted octanol–water partition coefficient (Wildman–Crippen LogP) is 0.775. The van der Waals surface area contributed by atoms with Crippen LogP contribution >= 0.6 is 0 Å². The van der Waals surface area contributed by atoms with Crippen LogP contribution in [0.5, 0.6) is 5.75 Å². The zero-order chi connectivity index (χ0) is 18.9. The van der Waals surface area contributed by atoms with Gasteiger partial charge in [-0.3, -0.25) is 4.79 Å². The van der Waals surface area contributed by atoms with Crippen LogP contribution in [0, 0.1) is 0 Å². The van der Waals surface area contributed by atoms with Gasteiger partial charge >= 0.3 is 5.97 Å². The number of amides is 1. The SMILES string of the molecule is COCCCOc1ccc(NC2=C(C(=O)OC)CN(CCO)C2=O)cc1. The third-order valence-electron chi connectivity index (χ3n) is 3.84. The number of ether oxygens (including phenoxy) is 3. The molecule has 0 saturated carbocycles. The number of methoxy groups -OCH3 is 2. The zero-order valence-corrected chi connectivity index (χ0v) is 15.0. The number of aliphatic hydroxyl groups is 1. The van der Waals surface area contributed by atoms with Gasteiger partial charge in [0.15, 0.2) is 0 Å². The Morgan fingerprint density at radius 2 is 1.96 bits per heavy atom. The van der Waals surface area contributed by atoms with E-state index in [1.807, 2.05) is 0 Å². The van der Waals surface area contributed by atoms with Gasteiger partial charge in [0, 0.05) is 32.4 Å². The Morgan fingerprint density at radius 1 is 1.23 bits per heavy atom. The van der Waals surface area contributed by atoms with Crippen LogP contribution in [0.3, 0.4) is 0 Å². The van der Waals surface area contributed by atoms with Crippen molar-refractivity contribution in [3.63, 3.8) is 0 Å². The molecule has 1 aliphatic rings. The summed E-state index contributed by atoms with van der Waals surface area (Å²) in [6.07, 6.45) is 0.793. The van der Waals surface area contributed by atoms with Gasteiger partial charge in [-0.25, -0.2) is 4.79 Å². The fraction of sp³-hybridized carbons (Fsp3) is 0.444. The number of carbonyl (C=O) groups excluding carboxylic acids is 2. The molecule has 0 spiro atoms. The summed E-state index contributed by atoms with van der Waals surface area (Å²) in [4.78, 5) is 25.8. The molecule has 0 aliphatic carbocycles. The second-order valence-electron chi connectivity index (χ2n) is 5.64. The molecule has 1 heterocycles. The number of nitrogens with zero attached hydrogens (tertiary/aromatic N) is 1. The van der Waals surface area contributed by atoms with Crippen molar-refractivity contribution in [3.05, 3.63) is 35.5 Å². The van der Waals surface area contributed by atoms with Crippen molar-refractivity contribution >= 4 is 17.6 Å². The Balaban J connectivity index is 2.06. The Labute approximate surface area is 152 Å². The highest BCUT2D eigenvalue weighted by molar-refractivity contribution is 6.08. The van der Waals surface area contributed by atoms with Crippen LogP contribution in [0.25, 0.3) is 0 Å². The number of β-amino-alcohol motifs (C(OH)–C–C–N with tert-alkyl or cyclic N) is 1. The maximum absolute atomic E-state index is 12.5. The van der Waals surface area contributed by atoms with E-state index in [1.165, 1.54) is 12.0 Å². The summed E-state index contributed by atoms with van der Waals surface area (Å²) in [5.41, 5.74) is 1.05. The van der Waals surface area contributed by atoms with Crippen LogP contribution in [-0.4, -0.2) is 69.0 Å². The number of esters is 1. The van der Waals surface area contributed by atoms with Crippen LogP contribution < -0.4 is 10.1 Å². The van der Waals surface area contributed by atoms with Gasteiger partial charge in [-0.2, -0.15) is 0 Å². The van der Waals surface area contributed by atoms with E-state index in [9.17, 15) is 9.59 Å². The minimum absolute atomic E-state index is 0.106. The van der Waals surface area contributed by atoms with E-state index in [0.29, 0.717) is 24.7 Å². The summed E-state index contributed by atoms with van der Waals surface area (Å²) in [6.45, 7) is 1.26. The van der Waals surface area contributed by atoms with Crippen LogP contribution in [0.1, 0.15) is 6.42 Å². The molecular weight excluding hydrogens is 340 g/mol. The summed E-state index contributed by atoms with van der Waals surface area (Å²) in [5.74, 6) is -0.216. The van der Waals surface area contributed by atoms with Gasteiger partial charge in [-0.15, -0.1) is 0 Å². The van der Waals surface area contributed by atoms with Gasteiger partial charge in [0.2, 0.25) is 0 Å². The minimum atomic E-state index is -0.570. The number of hydrogen-bond acceptors (Lipinski definition) is 7. The van der Waals surface area contributed by atoms with Crippen molar-refractivity contribution in [2.45, 2.75) is 6.42 Å². The lowest BCUT2D eigenvalue weighted by Gasteiger charge is -2.15. The van der Waals surface area contributed by atoms with E-state index in [2.05, 4.69) is 5.32 Å². The normalized spacial score (nSPS) is 14.0. The molecule has 2 N–H and O–H groups in total. The quantitative estimate of drug-likeness (QED) is 0.468. The van der Waals surface area contributed by atoms with Gasteiger partial charge in [0.05, 0.1) is 32.4 Å². The summed E-state index contributed by atoms with van der Waals surface area (Å²) in [7, 11) is 2.91. The average molecular weight is 364 g/mol. The fourth-order valence-corrected chi connectivity index (χ4v) is 2.52. The molecule has 1 aromatic carbocycles. The molecule has 8 heteroatoms. The van der Waals surface area contributed by atoms with Crippen molar-refractivity contribution in [1.82, 2.24) is 4.90 Å². The van der Waals surface area contributed by atoms with Crippen LogP contribution in [0.4, 0.5) is 5.69 Å². The highest BCUT2D eigenvalue weighted by Crippen LogP contribution is 2.24. The van der Waals surface area contributed by atoms with E-state index in [1.54, 1.807) is 31.4 Å². The molecule has 0 radical (unpaired) electrons. The lowest BCUT2D eigenvalue weighted by atomic mass is 10.2. The van der Waals surface area contributed by atoms with Crippen molar-refractivity contribution in [2.75, 3.05) is 52.4 Å². The second-order valence-corrected chi connectivity index (χ2v) is 5.64. The first-order valence-electron chi connectivity index (χ1n) is 8.31. The first kappa shape index (κ1) is 19.7. The second kappa shape index (κ2) is 9.79. The summed E-state index contributed by atoms with van der Waals surface area (Å²) in [5, 5.41) is 12.0. The van der Waals surface area contributed by atoms with Crippen molar-refractivity contribution < 1.29 is 28.9 Å². The molecule has 0 unspecified atom stereocenters. The number of nitrogens with one attached hydrogen (secondary N) is 1. The third kappa shape index (κ3) is 4.96. The first-order chi connectivity index (χ1) is 12.6. The number of aliphatic hydroxyl groups excluding tert-OH is 1. The molecule has 0 atom stereocenters. The number of carbonyl (C=O) groups is 2. The maximum Gasteiger partial charge on any atom is 0.337 e. The maximum atomic E-state index is 12.5. The predicted molar refractivity (Wildman–Crippen MR) is 94.8 cm³/mol. The Kier molecular flexibility index (Phi) is 7.43. The number of anilines is 1. The Bertz CT molecular complexity index is 656. The molecule has 0 fully saturated rings. The van der Waals surface area contributed by atoms with Crippen molar-refractivity contribution in [1.29, 1.82) is 0 Å². The van der Waals surface area contributed by atoms with Gasteiger partial charge in [-0.05, 0) is 24.3 Å². The molecule has 1 amide bonds. The molecular formula is C18H24N2O6. The van der Waals surface area contributed by atoms with Gasteiger partial charge in [0.1, 0.15) is 11.4 Å². The molecule has 0 saturated heterocycles. The molecule has 2 rings (SSSR count). The zero-order valence-electron chi connectivity index (χ0n) is 15.0. The number of rotatable bonds is 10. The summed E-state index contributed by atoms with van der Waals surface area (Å²) >= 11 is 0. The van der Waals surface area contributed by atoms with Crippen LogP contribution in [-0.2, 0) is 19.1 Å². The van der Waals surface area contributed by atoms with E-state index in [0.717, 1.165) is 6.42 Å². The average Bonchev–Trinajstić information content (AvgIpc) is 2.96. The topological polar surface area (TPSA) is 97.3 Å². The van der Waals surface area contributed by atoms with Gasteiger partial charge in [0.25, 0.3) is 5.91 Å². The highest BCUT2D eigenvalue weighted by Gasteiger charge is 2.34. The number of hydrogen-bond donors (Lipinski definition) is 2. The molecule has 26 heavy (non-hydrogen) atoms. The van der Waals surface area contributed by atoms with E-state index in [4.69, 9.17) is 19.3 Å². The summed E-state index contributed by atoms with van der Waals surface area (Å²) < 4.78 is 15.3. The monoisotopic (exact) mass is 364 g/mol. The minimum Gasteiger partial charge on any atom is -0.494 e. The largest absolute Gasteiger partial charge is 0.494 e.